The molecule has 2 nitrogen and oxygen atoms in total. The van der Waals surface area contributed by atoms with Crippen LogP contribution in [-0.2, 0) is 0 Å². The summed E-state index contributed by atoms with van der Waals surface area (Å²) in [5, 5.41) is 12.8. The molecule has 19 heavy (non-hydrogen) atoms. The standard InChI is InChI=1S/C17H27NO/c1-14(12-13-19)18-17(15-8-4-2-5-9-15)16-10-6-3-7-11-16/h2,4-5,8-9,14,16-19H,3,6-7,10-13H2,1H3. The van der Waals surface area contributed by atoms with Gasteiger partial charge in [-0.15, -0.1) is 0 Å². The zero-order valence-electron chi connectivity index (χ0n) is 12.0. The molecular formula is C17H27NO. The summed E-state index contributed by atoms with van der Waals surface area (Å²) in [6.45, 7) is 2.44. The third kappa shape index (κ3) is 4.32. The van der Waals surface area contributed by atoms with Gasteiger partial charge in [0.2, 0.25) is 0 Å². The zero-order chi connectivity index (χ0) is 13.5. The van der Waals surface area contributed by atoms with Crippen molar-refractivity contribution >= 4 is 0 Å². The van der Waals surface area contributed by atoms with Crippen molar-refractivity contribution in [3.8, 4) is 0 Å². The second-order valence-electron chi connectivity index (χ2n) is 5.87. The fourth-order valence-corrected chi connectivity index (χ4v) is 3.22. The Morgan fingerprint density at radius 1 is 1.16 bits per heavy atom. The molecule has 0 aromatic heterocycles. The average molecular weight is 261 g/mol. The normalized spacial score (nSPS) is 20.1. The SMILES string of the molecule is CC(CCO)NC(c1ccccc1)C1CCCCC1. The summed E-state index contributed by atoms with van der Waals surface area (Å²) in [6.07, 6.45) is 7.62. The van der Waals surface area contributed by atoms with Gasteiger partial charge in [-0.05, 0) is 37.7 Å². The molecule has 0 aliphatic heterocycles. The monoisotopic (exact) mass is 261 g/mol. The lowest BCUT2D eigenvalue weighted by molar-refractivity contribution is 0.227. The highest BCUT2D eigenvalue weighted by Crippen LogP contribution is 2.34. The smallest absolute Gasteiger partial charge is 0.0445 e. The summed E-state index contributed by atoms with van der Waals surface area (Å²) >= 11 is 0. The van der Waals surface area contributed by atoms with Gasteiger partial charge in [-0.3, -0.25) is 0 Å². The Hall–Kier alpha value is -0.860. The summed E-state index contributed by atoms with van der Waals surface area (Å²) in [5.41, 5.74) is 1.40. The Balaban J connectivity index is 2.08. The van der Waals surface area contributed by atoms with Crippen LogP contribution in [0.5, 0.6) is 0 Å². The van der Waals surface area contributed by atoms with Crippen molar-refractivity contribution in [2.45, 2.75) is 57.5 Å². The van der Waals surface area contributed by atoms with E-state index in [0.29, 0.717) is 12.1 Å². The Morgan fingerprint density at radius 3 is 2.47 bits per heavy atom. The van der Waals surface area contributed by atoms with Gasteiger partial charge in [0.15, 0.2) is 0 Å². The van der Waals surface area contributed by atoms with Crippen molar-refractivity contribution in [2.24, 2.45) is 5.92 Å². The van der Waals surface area contributed by atoms with E-state index in [9.17, 15) is 0 Å². The van der Waals surface area contributed by atoms with Crippen molar-refractivity contribution < 1.29 is 5.11 Å². The molecule has 1 aromatic carbocycles. The molecule has 2 rings (SSSR count). The van der Waals surface area contributed by atoms with Crippen LogP contribution in [0.15, 0.2) is 30.3 Å². The molecule has 2 N–H and O–H groups in total. The molecule has 0 heterocycles. The first-order valence-corrected chi connectivity index (χ1v) is 7.73. The van der Waals surface area contributed by atoms with Gasteiger partial charge in [-0.1, -0.05) is 49.6 Å². The Kier molecular flexibility index (Phi) is 5.87. The topological polar surface area (TPSA) is 32.3 Å². The molecule has 0 amide bonds. The van der Waals surface area contributed by atoms with Crippen molar-refractivity contribution in [1.82, 2.24) is 5.32 Å². The number of aliphatic hydroxyl groups is 1. The molecule has 0 spiro atoms. The Labute approximate surface area is 117 Å². The van der Waals surface area contributed by atoms with Crippen LogP contribution in [0.1, 0.15) is 57.1 Å². The van der Waals surface area contributed by atoms with E-state index in [1.807, 2.05) is 0 Å². The maximum Gasteiger partial charge on any atom is 0.0445 e. The highest BCUT2D eigenvalue weighted by Gasteiger charge is 2.25. The molecule has 0 radical (unpaired) electrons. The van der Waals surface area contributed by atoms with Crippen LogP contribution in [0.25, 0.3) is 0 Å². The quantitative estimate of drug-likeness (QED) is 0.819. The number of benzene rings is 1. The van der Waals surface area contributed by atoms with Crippen LogP contribution in [-0.4, -0.2) is 17.8 Å². The number of hydrogen-bond acceptors (Lipinski definition) is 2. The predicted molar refractivity (Wildman–Crippen MR) is 80.1 cm³/mol. The maximum atomic E-state index is 9.09. The van der Waals surface area contributed by atoms with Gasteiger partial charge < -0.3 is 10.4 Å². The third-order valence-corrected chi connectivity index (χ3v) is 4.31. The Bertz CT molecular complexity index is 346. The molecule has 2 atom stereocenters. The van der Waals surface area contributed by atoms with Gasteiger partial charge in [0, 0.05) is 18.7 Å². The van der Waals surface area contributed by atoms with Gasteiger partial charge in [0.1, 0.15) is 0 Å². The fraction of sp³-hybridized carbons (Fsp3) is 0.647. The van der Waals surface area contributed by atoms with Gasteiger partial charge in [-0.25, -0.2) is 0 Å². The van der Waals surface area contributed by atoms with E-state index < -0.39 is 0 Å². The highest BCUT2D eigenvalue weighted by atomic mass is 16.3. The van der Waals surface area contributed by atoms with Crippen LogP contribution in [0.4, 0.5) is 0 Å². The van der Waals surface area contributed by atoms with Gasteiger partial charge in [-0.2, -0.15) is 0 Å². The second-order valence-corrected chi connectivity index (χ2v) is 5.87. The Morgan fingerprint density at radius 2 is 1.84 bits per heavy atom. The summed E-state index contributed by atoms with van der Waals surface area (Å²) < 4.78 is 0. The third-order valence-electron chi connectivity index (χ3n) is 4.31. The molecule has 1 fully saturated rings. The second kappa shape index (κ2) is 7.66. The maximum absolute atomic E-state index is 9.09. The lowest BCUT2D eigenvalue weighted by Gasteiger charge is -2.33. The first-order chi connectivity index (χ1) is 9.31. The van der Waals surface area contributed by atoms with Crippen LogP contribution in [0, 0.1) is 5.92 Å². The molecule has 2 heteroatoms. The molecular weight excluding hydrogens is 234 g/mol. The van der Waals surface area contributed by atoms with E-state index in [4.69, 9.17) is 5.11 Å². The lowest BCUT2D eigenvalue weighted by Crippen LogP contribution is -2.36. The van der Waals surface area contributed by atoms with E-state index in [2.05, 4.69) is 42.6 Å². The van der Waals surface area contributed by atoms with Crippen LogP contribution >= 0.6 is 0 Å². The summed E-state index contributed by atoms with van der Waals surface area (Å²) in [4.78, 5) is 0. The first-order valence-electron chi connectivity index (χ1n) is 7.73. The van der Waals surface area contributed by atoms with Crippen LogP contribution in [0.2, 0.25) is 0 Å². The van der Waals surface area contributed by atoms with E-state index >= 15 is 0 Å². The van der Waals surface area contributed by atoms with Gasteiger partial charge >= 0.3 is 0 Å². The van der Waals surface area contributed by atoms with Crippen molar-refractivity contribution in [2.75, 3.05) is 6.61 Å². The van der Waals surface area contributed by atoms with Crippen molar-refractivity contribution in [3.05, 3.63) is 35.9 Å². The number of rotatable bonds is 6. The average Bonchev–Trinajstić information content (AvgIpc) is 2.47. The summed E-state index contributed by atoms with van der Waals surface area (Å²) in [7, 11) is 0. The van der Waals surface area contributed by atoms with Crippen LogP contribution in [0.3, 0.4) is 0 Å². The van der Waals surface area contributed by atoms with Gasteiger partial charge in [0.25, 0.3) is 0 Å². The first kappa shape index (κ1) is 14.5. The van der Waals surface area contributed by atoms with E-state index in [1.54, 1.807) is 0 Å². The number of hydrogen-bond donors (Lipinski definition) is 2. The molecule has 0 bridgehead atoms. The van der Waals surface area contributed by atoms with Crippen LogP contribution < -0.4 is 5.32 Å². The molecule has 1 saturated carbocycles. The minimum atomic E-state index is 0.264. The summed E-state index contributed by atoms with van der Waals surface area (Å²) in [5.74, 6) is 0.747. The minimum absolute atomic E-state index is 0.264. The fourth-order valence-electron chi connectivity index (χ4n) is 3.22. The van der Waals surface area contributed by atoms with Gasteiger partial charge in [0.05, 0.1) is 0 Å². The minimum Gasteiger partial charge on any atom is -0.396 e. The molecule has 0 saturated heterocycles. The van der Waals surface area contributed by atoms with E-state index in [0.717, 1.165) is 12.3 Å². The predicted octanol–water partition coefficient (Wildman–Crippen LogP) is 3.67. The molecule has 2 unspecified atom stereocenters. The van der Waals surface area contributed by atoms with E-state index in [1.165, 1.54) is 37.7 Å². The number of nitrogens with one attached hydrogen (secondary N) is 1. The molecule has 106 valence electrons. The van der Waals surface area contributed by atoms with Crippen molar-refractivity contribution in [1.29, 1.82) is 0 Å². The zero-order valence-corrected chi connectivity index (χ0v) is 12.0. The molecule has 1 aromatic rings. The molecule has 1 aliphatic rings. The highest BCUT2D eigenvalue weighted by molar-refractivity contribution is 5.20. The number of aliphatic hydroxyl groups excluding tert-OH is 1. The van der Waals surface area contributed by atoms with Crippen molar-refractivity contribution in [3.63, 3.8) is 0 Å². The van der Waals surface area contributed by atoms with E-state index in [-0.39, 0.29) is 6.61 Å². The largest absolute Gasteiger partial charge is 0.396 e. The lowest BCUT2D eigenvalue weighted by atomic mass is 9.81. The summed E-state index contributed by atoms with van der Waals surface area (Å²) in [6, 6.07) is 11.6. The molecule has 1 aliphatic carbocycles.